The molecule has 0 bridgehead atoms. The number of hydrogen-bond acceptors (Lipinski definition) is 5. The van der Waals surface area contributed by atoms with E-state index in [1.807, 2.05) is 11.3 Å². The Morgan fingerprint density at radius 1 is 1.39 bits per heavy atom. The maximum atomic E-state index is 5.86. The van der Waals surface area contributed by atoms with Crippen molar-refractivity contribution in [3.8, 4) is 0 Å². The molecular formula is C13H21N3OS. The maximum absolute atomic E-state index is 5.86. The Bertz CT molecular complexity index is 414. The van der Waals surface area contributed by atoms with Gasteiger partial charge in [-0.1, -0.05) is 0 Å². The molecule has 5 heteroatoms. The van der Waals surface area contributed by atoms with E-state index in [1.165, 1.54) is 15.6 Å². The largest absolute Gasteiger partial charge is 0.370 e. The zero-order valence-electron chi connectivity index (χ0n) is 11.1. The van der Waals surface area contributed by atoms with Gasteiger partial charge in [0.05, 0.1) is 29.3 Å². The van der Waals surface area contributed by atoms with E-state index in [0.717, 1.165) is 39.1 Å². The highest BCUT2D eigenvalue weighted by molar-refractivity contribution is 7.11. The van der Waals surface area contributed by atoms with Gasteiger partial charge in [-0.25, -0.2) is 4.98 Å². The third-order valence-electron chi connectivity index (χ3n) is 3.63. The molecule has 0 aliphatic carbocycles. The molecular weight excluding hydrogens is 246 g/mol. The van der Waals surface area contributed by atoms with Gasteiger partial charge in [-0.15, -0.1) is 11.3 Å². The molecule has 2 aliphatic rings. The molecule has 1 aromatic heterocycles. The second-order valence-electron chi connectivity index (χ2n) is 5.24. The first-order chi connectivity index (χ1) is 8.72. The first kappa shape index (κ1) is 12.5. The molecule has 0 aromatic carbocycles. The van der Waals surface area contributed by atoms with Crippen LogP contribution in [0.25, 0.3) is 0 Å². The zero-order valence-corrected chi connectivity index (χ0v) is 11.9. The van der Waals surface area contributed by atoms with Crippen molar-refractivity contribution in [3.63, 3.8) is 0 Å². The molecule has 1 aromatic rings. The minimum atomic E-state index is 0.220. The summed E-state index contributed by atoms with van der Waals surface area (Å²) in [5, 5.41) is 4.64. The van der Waals surface area contributed by atoms with E-state index in [2.05, 4.69) is 24.1 Å². The molecule has 1 fully saturated rings. The van der Waals surface area contributed by atoms with Crippen LogP contribution in [0, 0.1) is 0 Å². The summed E-state index contributed by atoms with van der Waals surface area (Å²) in [6.07, 6.45) is 1.50. The van der Waals surface area contributed by atoms with Crippen LogP contribution in [0.5, 0.6) is 0 Å². The molecule has 18 heavy (non-hydrogen) atoms. The van der Waals surface area contributed by atoms with Crippen molar-refractivity contribution in [3.05, 3.63) is 15.6 Å². The van der Waals surface area contributed by atoms with E-state index in [0.29, 0.717) is 6.10 Å². The number of thiazole rings is 1. The summed E-state index contributed by atoms with van der Waals surface area (Å²) < 4.78 is 5.86. The second kappa shape index (κ2) is 5.25. The van der Waals surface area contributed by atoms with Crippen LogP contribution in [-0.4, -0.2) is 42.2 Å². The minimum absolute atomic E-state index is 0.220. The number of rotatable bonds is 2. The van der Waals surface area contributed by atoms with E-state index in [-0.39, 0.29) is 6.10 Å². The Hall–Kier alpha value is -0.490. The van der Waals surface area contributed by atoms with Gasteiger partial charge in [-0.2, -0.15) is 0 Å². The summed E-state index contributed by atoms with van der Waals surface area (Å²) in [6.45, 7) is 9.74. The smallest absolute Gasteiger partial charge is 0.107 e. The van der Waals surface area contributed by atoms with Crippen LogP contribution in [0.3, 0.4) is 0 Å². The second-order valence-corrected chi connectivity index (χ2v) is 6.35. The summed E-state index contributed by atoms with van der Waals surface area (Å²) in [5.41, 5.74) is 1.27. The standard InChI is InChI=1S/C13H21N3OS/c1-9-7-11-13(10(2)17-9)18-12(15-11)8-16-5-3-14-4-6-16/h9-10,14H,3-8H2,1-2H3. The van der Waals surface area contributed by atoms with E-state index in [1.54, 1.807) is 0 Å². The normalized spacial score (nSPS) is 29.2. The van der Waals surface area contributed by atoms with Crippen molar-refractivity contribution >= 4 is 11.3 Å². The summed E-state index contributed by atoms with van der Waals surface area (Å²) in [6, 6.07) is 0. The SMILES string of the molecule is CC1Cc2nc(CN3CCNCC3)sc2C(C)O1. The molecule has 3 heterocycles. The van der Waals surface area contributed by atoms with Gasteiger partial charge in [0, 0.05) is 32.6 Å². The van der Waals surface area contributed by atoms with Crippen LogP contribution in [0.4, 0.5) is 0 Å². The minimum Gasteiger partial charge on any atom is -0.370 e. The molecule has 0 amide bonds. The van der Waals surface area contributed by atoms with Crippen LogP contribution in [0.15, 0.2) is 0 Å². The monoisotopic (exact) mass is 267 g/mol. The quantitative estimate of drug-likeness (QED) is 0.882. The van der Waals surface area contributed by atoms with Crippen molar-refractivity contribution < 1.29 is 4.74 Å². The van der Waals surface area contributed by atoms with Gasteiger partial charge < -0.3 is 10.1 Å². The first-order valence-electron chi connectivity index (χ1n) is 6.79. The average molecular weight is 267 g/mol. The summed E-state index contributed by atoms with van der Waals surface area (Å²) in [4.78, 5) is 8.65. The number of fused-ring (bicyclic) bond motifs is 1. The lowest BCUT2D eigenvalue weighted by Crippen LogP contribution is -2.42. The topological polar surface area (TPSA) is 37.4 Å². The van der Waals surface area contributed by atoms with Gasteiger partial charge >= 0.3 is 0 Å². The Morgan fingerprint density at radius 2 is 2.17 bits per heavy atom. The highest BCUT2D eigenvalue weighted by Crippen LogP contribution is 2.34. The average Bonchev–Trinajstić information content (AvgIpc) is 2.73. The highest BCUT2D eigenvalue weighted by Gasteiger charge is 2.26. The van der Waals surface area contributed by atoms with Gasteiger partial charge in [-0.05, 0) is 13.8 Å². The van der Waals surface area contributed by atoms with Crippen LogP contribution in [0.1, 0.15) is 35.5 Å². The van der Waals surface area contributed by atoms with Gasteiger partial charge in [0.15, 0.2) is 0 Å². The van der Waals surface area contributed by atoms with Crippen LogP contribution in [0.2, 0.25) is 0 Å². The van der Waals surface area contributed by atoms with E-state index in [9.17, 15) is 0 Å². The van der Waals surface area contributed by atoms with Crippen LogP contribution >= 0.6 is 11.3 Å². The number of aromatic nitrogens is 1. The van der Waals surface area contributed by atoms with Crippen molar-refractivity contribution in [1.29, 1.82) is 0 Å². The van der Waals surface area contributed by atoms with E-state index >= 15 is 0 Å². The molecule has 0 radical (unpaired) electrons. The fourth-order valence-corrected chi connectivity index (χ4v) is 3.86. The molecule has 2 unspecified atom stereocenters. The molecule has 2 atom stereocenters. The lowest BCUT2D eigenvalue weighted by Gasteiger charge is -2.26. The van der Waals surface area contributed by atoms with Gasteiger partial charge in [0.25, 0.3) is 0 Å². The molecule has 1 saturated heterocycles. The fraction of sp³-hybridized carbons (Fsp3) is 0.769. The van der Waals surface area contributed by atoms with Gasteiger partial charge in [0.1, 0.15) is 5.01 Å². The van der Waals surface area contributed by atoms with E-state index in [4.69, 9.17) is 9.72 Å². The Balaban J connectivity index is 1.72. The molecule has 1 N–H and O–H groups in total. The van der Waals surface area contributed by atoms with Crippen molar-refractivity contribution in [2.45, 2.75) is 39.0 Å². The number of ether oxygens (including phenoxy) is 1. The highest BCUT2D eigenvalue weighted by atomic mass is 32.1. The van der Waals surface area contributed by atoms with Crippen LogP contribution in [-0.2, 0) is 17.7 Å². The zero-order chi connectivity index (χ0) is 12.5. The molecule has 100 valence electrons. The number of nitrogens with zero attached hydrogens (tertiary/aromatic N) is 2. The maximum Gasteiger partial charge on any atom is 0.107 e. The Labute approximate surface area is 112 Å². The Morgan fingerprint density at radius 3 is 2.94 bits per heavy atom. The molecule has 0 saturated carbocycles. The van der Waals surface area contributed by atoms with Gasteiger partial charge in [0.2, 0.25) is 0 Å². The van der Waals surface area contributed by atoms with Gasteiger partial charge in [-0.3, -0.25) is 4.90 Å². The molecule has 3 rings (SSSR count). The predicted octanol–water partition coefficient (Wildman–Crippen LogP) is 1.57. The first-order valence-corrected chi connectivity index (χ1v) is 7.61. The van der Waals surface area contributed by atoms with Crippen molar-refractivity contribution in [1.82, 2.24) is 15.2 Å². The predicted molar refractivity (Wildman–Crippen MR) is 72.9 cm³/mol. The summed E-state index contributed by atoms with van der Waals surface area (Å²) in [7, 11) is 0. The molecule has 2 aliphatic heterocycles. The van der Waals surface area contributed by atoms with Crippen molar-refractivity contribution in [2.24, 2.45) is 0 Å². The Kier molecular flexibility index (Phi) is 3.66. The third kappa shape index (κ3) is 2.59. The number of hydrogen-bond donors (Lipinski definition) is 1. The lowest BCUT2D eigenvalue weighted by atomic mass is 10.1. The summed E-state index contributed by atoms with van der Waals surface area (Å²) >= 11 is 1.84. The fourth-order valence-electron chi connectivity index (χ4n) is 2.74. The summed E-state index contributed by atoms with van der Waals surface area (Å²) in [5.74, 6) is 0. The number of piperazine rings is 1. The van der Waals surface area contributed by atoms with Crippen LogP contribution < -0.4 is 5.32 Å². The third-order valence-corrected chi connectivity index (χ3v) is 4.87. The van der Waals surface area contributed by atoms with E-state index < -0.39 is 0 Å². The lowest BCUT2D eigenvalue weighted by molar-refractivity contribution is -0.00319. The molecule has 0 spiro atoms. The molecule has 4 nitrogen and oxygen atoms in total. The number of nitrogens with one attached hydrogen (secondary N) is 1. The van der Waals surface area contributed by atoms with Crippen molar-refractivity contribution in [2.75, 3.05) is 26.2 Å².